The summed E-state index contributed by atoms with van der Waals surface area (Å²) in [6, 6.07) is 21.8. The highest BCUT2D eigenvalue weighted by atomic mass is 19.4. The predicted molar refractivity (Wildman–Crippen MR) is 146 cm³/mol. The molecule has 0 saturated carbocycles. The molecule has 0 aliphatic rings. The second-order valence-corrected chi connectivity index (χ2v) is 9.44. The number of nitrogens with one attached hydrogen (secondary N) is 1. The van der Waals surface area contributed by atoms with Crippen molar-refractivity contribution in [2.45, 2.75) is 31.7 Å². The number of aliphatic hydroxyl groups excluding tert-OH is 1. The molecule has 0 heterocycles. The second-order valence-electron chi connectivity index (χ2n) is 9.44. The Morgan fingerprint density at radius 2 is 1.45 bits per heavy atom. The topological polar surface area (TPSA) is 113 Å². The molecule has 0 spiro atoms. The lowest BCUT2D eigenvalue weighted by atomic mass is 9.96. The number of carbonyl (C=O) groups is 2. The Morgan fingerprint density at radius 1 is 0.850 bits per heavy atom. The number of carbonyl (C=O) groups excluding carboxylic acids is 2. The van der Waals surface area contributed by atoms with Gasteiger partial charge in [0.1, 0.15) is 11.9 Å². The molecule has 5 N–H and O–H groups in total. The summed E-state index contributed by atoms with van der Waals surface area (Å²) < 4.78 is 39.3. The van der Waals surface area contributed by atoms with E-state index in [1.165, 1.54) is 25.1 Å². The number of hydrogen-bond acceptors (Lipinski definition) is 5. The van der Waals surface area contributed by atoms with Crippen molar-refractivity contribution in [2.24, 2.45) is 0 Å². The van der Waals surface area contributed by atoms with Crippen LogP contribution in [0.3, 0.4) is 0 Å². The first-order chi connectivity index (χ1) is 18.9. The van der Waals surface area contributed by atoms with E-state index in [0.717, 1.165) is 17.7 Å². The summed E-state index contributed by atoms with van der Waals surface area (Å²) in [6.45, 7) is 1.29. The Morgan fingerprint density at radius 3 is 2.08 bits per heavy atom. The third-order valence-corrected chi connectivity index (χ3v) is 6.44. The molecule has 0 fully saturated rings. The summed E-state index contributed by atoms with van der Waals surface area (Å²) in [7, 11) is 0. The number of anilines is 1. The summed E-state index contributed by atoms with van der Waals surface area (Å²) in [6.07, 6.45) is -5.83. The Labute approximate surface area is 228 Å². The monoisotopic (exact) mass is 548 g/mol. The van der Waals surface area contributed by atoms with Crippen molar-refractivity contribution < 1.29 is 33.0 Å². The van der Waals surface area contributed by atoms with Gasteiger partial charge in [0, 0.05) is 5.69 Å². The zero-order valence-corrected chi connectivity index (χ0v) is 21.4. The van der Waals surface area contributed by atoms with Gasteiger partial charge in [0.05, 0.1) is 17.2 Å². The van der Waals surface area contributed by atoms with Crippen LogP contribution in [0.2, 0.25) is 0 Å². The van der Waals surface area contributed by atoms with Crippen molar-refractivity contribution in [1.29, 1.82) is 0 Å². The van der Waals surface area contributed by atoms with E-state index >= 15 is 0 Å². The van der Waals surface area contributed by atoms with E-state index in [1.54, 1.807) is 60.7 Å². The highest BCUT2D eigenvalue weighted by Gasteiger charge is 2.30. The van der Waals surface area contributed by atoms with Crippen LogP contribution in [0.4, 0.5) is 18.9 Å². The van der Waals surface area contributed by atoms with Crippen molar-refractivity contribution in [3.8, 4) is 28.0 Å². The van der Waals surface area contributed by atoms with Gasteiger partial charge in [-0.25, -0.2) is 0 Å². The van der Waals surface area contributed by atoms with Crippen molar-refractivity contribution in [3.63, 3.8) is 0 Å². The molecule has 1 unspecified atom stereocenters. The number of halogens is 3. The van der Waals surface area contributed by atoms with Gasteiger partial charge in [0.25, 0.3) is 5.91 Å². The number of aliphatic hydroxyl groups is 1. The van der Waals surface area contributed by atoms with Crippen LogP contribution in [0.5, 0.6) is 5.75 Å². The maximum absolute atomic E-state index is 13.2. The highest BCUT2D eigenvalue weighted by molar-refractivity contribution is 6.01. The number of Topliss-reactive ketones (excluding diaryl/α,β-unsaturated/α-hetero) is 1. The molecule has 4 aromatic carbocycles. The molecule has 2 atom stereocenters. The number of phenolic OH excluding ortho intramolecular Hbond substituents is 1. The number of aromatic hydroxyl groups is 1. The smallest absolute Gasteiger partial charge is 0.416 e. The number of amides is 1. The Bertz CT molecular complexity index is 1530. The number of nitrogen functional groups attached to an aromatic ring is 1. The van der Waals surface area contributed by atoms with Gasteiger partial charge in [-0.3, -0.25) is 9.59 Å². The molecule has 40 heavy (non-hydrogen) atoms. The number of benzene rings is 4. The third kappa shape index (κ3) is 6.68. The van der Waals surface area contributed by atoms with Crippen molar-refractivity contribution >= 4 is 17.4 Å². The summed E-state index contributed by atoms with van der Waals surface area (Å²) in [5.41, 5.74) is 8.43. The minimum absolute atomic E-state index is 0.00795. The summed E-state index contributed by atoms with van der Waals surface area (Å²) in [4.78, 5) is 26.0. The molecule has 4 aromatic rings. The molecule has 0 bridgehead atoms. The fraction of sp³-hybridized carbons (Fsp3) is 0.161. The Kier molecular flexibility index (Phi) is 8.25. The normalized spacial score (nSPS) is 12.9. The van der Waals surface area contributed by atoms with E-state index in [0.29, 0.717) is 27.9 Å². The average molecular weight is 549 g/mol. The van der Waals surface area contributed by atoms with Crippen LogP contribution in [-0.2, 0) is 17.4 Å². The van der Waals surface area contributed by atoms with Crippen LogP contribution in [0, 0.1) is 0 Å². The fourth-order valence-electron chi connectivity index (χ4n) is 4.31. The van der Waals surface area contributed by atoms with E-state index in [9.17, 15) is 33.0 Å². The third-order valence-electron chi connectivity index (χ3n) is 6.44. The molecule has 0 radical (unpaired) electrons. The second kappa shape index (κ2) is 11.6. The molecule has 0 aromatic heterocycles. The first kappa shape index (κ1) is 28.4. The quantitative estimate of drug-likeness (QED) is 0.214. The van der Waals surface area contributed by atoms with E-state index in [-0.39, 0.29) is 17.7 Å². The average Bonchev–Trinajstić information content (AvgIpc) is 2.92. The number of phenols is 1. The molecule has 0 aliphatic carbocycles. The summed E-state index contributed by atoms with van der Waals surface area (Å²) in [5.74, 6) is -1.65. The zero-order valence-electron chi connectivity index (χ0n) is 21.4. The molecule has 4 rings (SSSR count). The van der Waals surface area contributed by atoms with Gasteiger partial charge in [-0.05, 0) is 77.6 Å². The molecular formula is C31H27F3N2O4. The lowest BCUT2D eigenvalue weighted by Crippen LogP contribution is -2.46. The van der Waals surface area contributed by atoms with E-state index in [1.807, 2.05) is 0 Å². The first-order valence-corrected chi connectivity index (χ1v) is 12.4. The molecule has 0 saturated heterocycles. The van der Waals surface area contributed by atoms with Gasteiger partial charge in [0.15, 0.2) is 5.78 Å². The lowest BCUT2D eigenvalue weighted by Gasteiger charge is -2.20. The number of hydrogen-bond donors (Lipinski definition) is 4. The zero-order chi connectivity index (χ0) is 29.0. The van der Waals surface area contributed by atoms with Crippen LogP contribution in [-0.4, -0.2) is 34.0 Å². The minimum Gasteiger partial charge on any atom is -0.507 e. The number of alkyl halides is 3. The number of rotatable bonds is 8. The van der Waals surface area contributed by atoms with Gasteiger partial charge in [-0.15, -0.1) is 0 Å². The van der Waals surface area contributed by atoms with Gasteiger partial charge >= 0.3 is 6.18 Å². The minimum atomic E-state index is -4.47. The maximum atomic E-state index is 13.2. The molecule has 6 nitrogen and oxygen atoms in total. The largest absolute Gasteiger partial charge is 0.507 e. The lowest BCUT2D eigenvalue weighted by molar-refractivity contribution is -0.137. The summed E-state index contributed by atoms with van der Waals surface area (Å²) in [5, 5.41) is 22.9. The number of ketones is 1. The molecular weight excluding hydrogens is 521 g/mol. The Hall–Kier alpha value is -4.63. The van der Waals surface area contributed by atoms with E-state index < -0.39 is 35.6 Å². The first-order valence-electron chi connectivity index (χ1n) is 12.4. The Balaban J connectivity index is 1.56. The van der Waals surface area contributed by atoms with E-state index in [2.05, 4.69) is 5.32 Å². The fourth-order valence-corrected chi connectivity index (χ4v) is 4.31. The van der Waals surface area contributed by atoms with Crippen molar-refractivity contribution in [3.05, 3.63) is 108 Å². The van der Waals surface area contributed by atoms with E-state index in [4.69, 9.17) is 5.73 Å². The molecule has 206 valence electrons. The van der Waals surface area contributed by atoms with Crippen LogP contribution < -0.4 is 11.1 Å². The summed E-state index contributed by atoms with van der Waals surface area (Å²) >= 11 is 0. The SMILES string of the molecule is CC(O)C(=O)[C@H](Cc1ccc(-c2cccc(C(F)(F)F)c2)cc1)NC(=O)c1cc(-c2cccc(N)c2)ccc1O. The van der Waals surface area contributed by atoms with Crippen LogP contribution in [0.15, 0.2) is 91.0 Å². The molecule has 0 aliphatic heterocycles. The van der Waals surface area contributed by atoms with Crippen LogP contribution in [0.1, 0.15) is 28.4 Å². The van der Waals surface area contributed by atoms with Gasteiger partial charge in [0.2, 0.25) is 0 Å². The van der Waals surface area contributed by atoms with Gasteiger partial charge < -0.3 is 21.3 Å². The number of nitrogens with two attached hydrogens (primary N) is 1. The highest BCUT2D eigenvalue weighted by Crippen LogP contribution is 2.32. The molecule has 1 amide bonds. The van der Waals surface area contributed by atoms with Crippen molar-refractivity contribution in [1.82, 2.24) is 5.32 Å². The van der Waals surface area contributed by atoms with Crippen LogP contribution >= 0.6 is 0 Å². The standard InChI is InChI=1S/C31H27F3N2O4/c1-18(37)29(39)27(14-19-8-10-20(11-9-19)21-4-2-6-24(15-21)31(32,33)34)36-30(40)26-17-23(12-13-28(26)38)22-5-3-7-25(35)16-22/h2-13,15-18,27,37-38H,14,35H2,1H3,(H,36,40)/t18?,27-/m0/s1. The van der Waals surface area contributed by atoms with Crippen molar-refractivity contribution in [2.75, 3.05) is 5.73 Å². The molecule has 9 heteroatoms. The predicted octanol–water partition coefficient (Wildman–Crippen LogP) is 5.62. The van der Waals surface area contributed by atoms with Gasteiger partial charge in [-0.2, -0.15) is 13.2 Å². The maximum Gasteiger partial charge on any atom is 0.416 e. The van der Waals surface area contributed by atoms with Gasteiger partial charge in [-0.1, -0.05) is 54.6 Å². The van der Waals surface area contributed by atoms with Crippen LogP contribution in [0.25, 0.3) is 22.3 Å².